The highest BCUT2D eigenvalue weighted by Gasteiger charge is 2.39. The summed E-state index contributed by atoms with van der Waals surface area (Å²) in [5.41, 5.74) is 5.43. The summed E-state index contributed by atoms with van der Waals surface area (Å²) in [4.78, 5) is 2.34. The number of hydrogen-bond acceptors (Lipinski definition) is 3. The van der Waals surface area contributed by atoms with E-state index in [1.807, 2.05) is 6.26 Å². The van der Waals surface area contributed by atoms with E-state index in [0.29, 0.717) is 5.92 Å². The fourth-order valence-electron chi connectivity index (χ4n) is 3.79. The Labute approximate surface area is 133 Å². The molecule has 1 aliphatic rings. The van der Waals surface area contributed by atoms with Crippen LogP contribution in [0.15, 0.2) is 35.1 Å². The van der Waals surface area contributed by atoms with Crippen molar-refractivity contribution in [3.05, 3.63) is 47.3 Å². The van der Waals surface area contributed by atoms with Gasteiger partial charge in [-0.2, -0.15) is 0 Å². The van der Waals surface area contributed by atoms with E-state index in [4.69, 9.17) is 4.52 Å². The summed E-state index contributed by atoms with van der Waals surface area (Å²) in [6.07, 6.45) is 3.96. The topological polar surface area (TPSA) is 29.3 Å². The van der Waals surface area contributed by atoms with Gasteiger partial charge in [-0.1, -0.05) is 43.3 Å². The van der Waals surface area contributed by atoms with E-state index in [1.54, 1.807) is 0 Å². The Morgan fingerprint density at radius 3 is 2.55 bits per heavy atom. The van der Waals surface area contributed by atoms with Gasteiger partial charge >= 0.3 is 0 Å². The Morgan fingerprint density at radius 1 is 1.18 bits per heavy atom. The van der Waals surface area contributed by atoms with Gasteiger partial charge in [0.05, 0.1) is 0 Å². The number of nitrogens with zero attached hydrogens (tertiary/aromatic N) is 2. The Morgan fingerprint density at radius 2 is 1.86 bits per heavy atom. The number of benzene rings is 1. The molecule has 0 aliphatic heterocycles. The molecule has 0 radical (unpaired) electrons. The van der Waals surface area contributed by atoms with Gasteiger partial charge in [0, 0.05) is 19.0 Å². The lowest BCUT2D eigenvalue weighted by Gasteiger charge is -2.39. The minimum atomic E-state index is 0.188. The van der Waals surface area contributed by atoms with Crippen LogP contribution in [0.2, 0.25) is 0 Å². The molecule has 3 rings (SSSR count). The molecule has 1 aromatic carbocycles. The first-order valence-corrected chi connectivity index (χ1v) is 8.32. The SMILES string of the molecule is CCN(CC)c1conc1C1Cc2ccccc2CC1(C)C. The van der Waals surface area contributed by atoms with Gasteiger partial charge in [-0.15, -0.1) is 0 Å². The highest BCUT2D eigenvalue weighted by molar-refractivity contribution is 5.51. The molecule has 2 aromatic rings. The van der Waals surface area contributed by atoms with Crippen LogP contribution < -0.4 is 4.90 Å². The predicted molar refractivity (Wildman–Crippen MR) is 90.4 cm³/mol. The average molecular weight is 298 g/mol. The van der Waals surface area contributed by atoms with Gasteiger partial charge in [0.2, 0.25) is 0 Å². The zero-order valence-electron chi connectivity index (χ0n) is 14.1. The van der Waals surface area contributed by atoms with Crippen LogP contribution in [0.1, 0.15) is 50.4 Å². The van der Waals surface area contributed by atoms with Crippen molar-refractivity contribution in [3.63, 3.8) is 0 Å². The van der Waals surface area contributed by atoms with E-state index in [9.17, 15) is 0 Å². The van der Waals surface area contributed by atoms with Crippen LogP contribution in [-0.4, -0.2) is 18.2 Å². The molecule has 1 heterocycles. The van der Waals surface area contributed by atoms with E-state index in [2.05, 4.69) is 62.0 Å². The molecule has 3 nitrogen and oxygen atoms in total. The molecule has 0 saturated carbocycles. The van der Waals surface area contributed by atoms with Crippen molar-refractivity contribution in [2.75, 3.05) is 18.0 Å². The summed E-state index contributed by atoms with van der Waals surface area (Å²) in [5, 5.41) is 4.41. The summed E-state index contributed by atoms with van der Waals surface area (Å²) >= 11 is 0. The van der Waals surface area contributed by atoms with Crippen LogP contribution in [0.3, 0.4) is 0 Å². The molecule has 0 saturated heterocycles. The molecule has 0 fully saturated rings. The van der Waals surface area contributed by atoms with Crippen LogP contribution in [-0.2, 0) is 12.8 Å². The third-order valence-corrected chi connectivity index (χ3v) is 5.14. The van der Waals surface area contributed by atoms with Crippen molar-refractivity contribution < 1.29 is 4.52 Å². The molecule has 0 amide bonds. The van der Waals surface area contributed by atoms with E-state index >= 15 is 0 Å². The predicted octanol–water partition coefficient (Wildman–Crippen LogP) is 4.43. The van der Waals surface area contributed by atoms with Crippen molar-refractivity contribution >= 4 is 5.69 Å². The van der Waals surface area contributed by atoms with Gasteiger partial charge in [0.25, 0.3) is 0 Å². The summed E-state index contributed by atoms with van der Waals surface area (Å²) in [6, 6.07) is 8.81. The molecule has 118 valence electrons. The zero-order valence-corrected chi connectivity index (χ0v) is 14.1. The lowest BCUT2D eigenvalue weighted by atomic mass is 9.65. The van der Waals surface area contributed by atoms with E-state index in [0.717, 1.165) is 31.6 Å². The molecule has 1 atom stereocenters. The number of rotatable bonds is 4. The van der Waals surface area contributed by atoms with E-state index < -0.39 is 0 Å². The molecule has 1 aromatic heterocycles. The first-order valence-electron chi connectivity index (χ1n) is 8.32. The van der Waals surface area contributed by atoms with Gasteiger partial charge < -0.3 is 9.42 Å². The molecule has 22 heavy (non-hydrogen) atoms. The summed E-state index contributed by atoms with van der Waals surface area (Å²) < 4.78 is 5.37. The second-order valence-corrected chi connectivity index (χ2v) is 6.95. The molecule has 1 unspecified atom stereocenters. The standard InChI is InChI=1S/C19H26N2O/c1-5-21(6-2)17-13-22-20-18(17)16-11-14-9-7-8-10-15(14)12-19(16,3)4/h7-10,13,16H,5-6,11-12H2,1-4H3. The number of anilines is 1. The Kier molecular flexibility index (Phi) is 3.98. The molecular formula is C19H26N2O. The largest absolute Gasteiger partial charge is 0.368 e. The highest BCUT2D eigenvalue weighted by Crippen LogP contribution is 2.47. The minimum Gasteiger partial charge on any atom is -0.368 e. The quantitative estimate of drug-likeness (QED) is 0.836. The smallest absolute Gasteiger partial charge is 0.147 e. The van der Waals surface area contributed by atoms with E-state index in [-0.39, 0.29) is 5.41 Å². The molecule has 0 N–H and O–H groups in total. The third kappa shape index (κ3) is 2.53. The van der Waals surface area contributed by atoms with Crippen LogP contribution >= 0.6 is 0 Å². The van der Waals surface area contributed by atoms with Crippen molar-refractivity contribution in [2.45, 2.75) is 46.5 Å². The van der Waals surface area contributed by atoms with Crippen molar-refractivity contribution in [1.29, 1.82) is 0 Å². The van der Waals surface area contributed by atoms with Gasteiger partial charge in [0.1, 0.15) is 17.6 Å². The molecule has 0 spiro atoms. The average Bonchev–Trinajstić information content (AvgIpc) is 2.96. The van der Waals surface area contributed by atoms with Crippen molar-refractivity contribution in [3.8, 4) is 0 Å². The molecular weight excluding hydrogens is 272 g/mol. The van der Waals surface area contributed by atoms with Crippen molar-refractivity contribution in [2.24, 2.45) is 5.41 Å². The third-order valence-electron chi connectivity index (χ3n) is 5.14. The Hall–Kier alpha value is -1.77. The Balaban J connectivity index is 2.00. The fourth-order valence-corrected chi connectivity index (χ4v) is 3.79. The second kappa shape index (κ2) is 5.79. The van der Waals surface area contributed by atoms with Gasteiger partial charge in [0.15, 0.2) is 0 Å². The number of fused-ring (bicyclic) bond motifs is 1. The lowest BCUT2D eigenvalue weighted by Crippen LogP contribution is -2.33. The maximum Gasteiger partial charge on any atom is 0.147 e. The maximum atomic E-state index is 5.37. The fraction of sp³-hybridized carbons (Fsp3) is 0.526. The van der Waals surface area contributed by atoms with Crippen LogP contribution in [0.25, 0.3) is 0 Å². The lowest BCUT2D eigenvalue weighted by molar-refractivity contribution is 0.250. The van der Waals surface area contributed by atoms with Crippen LogP contribution in [0, 0.1) is 5.41 Å². The normalized spacial score (nSPS) is 19.7. The highest BCUT2D eigenvalue weighted by atomic mass is 16.5. The summed E-state index contributed by atoms with van der Waals surface area (Å²) in [5.74, 6) is 0.400. The maximum absolute atomic E-state index is 5.37. The molecule has 0 bridgehead atoms. The first-order chi connectivity index (χ1) is 10.6. The monoisotopic (exact) mass is 298 g/mol. The number of hydrogen-bond donors (Lipinski definition) is 0. The zero-order chi connectivity index (χ0) is 15.7. The summed E-state index contributed by atoms with van der Waals surface area (Å²) in [6.45, 7) is 11.0. The molecule has 3 heteroatoms. The van der Waals surface area contributed by atoms with Gasteiger partial charge in [-0.3, -0.25) is 0 Å². The van der Waals surface area contributed by atoms with Gasteiger partial charge in [-0.05, 0) is 43.2 Å². The first kappa shape index (κ1) is 15.1. The second-order valence-electron chi connectivity index (χ2n) is 6.95. The summed E-state index contributed by atoms with van der Waals surface area (Å²) in [7, 11) is 0. The van der Waals surface area contributed by atoms with Crippen molar-refractivity contribution in [1.82, 2.24) is 5.16 Å². The number of aromatic nitrogens is 1. The van der Waals surface area contributed by atoms with Crippen LogP contribution in [0.5, 0.6) is 0 Å². The minimum absolute atomic E-state index is 0.188. The Bertz CT molecular complexity index is 640. The van der Waals surface area contributed by atoms with Gasteiger partial charge in [-0.25, -0.2) is 0 Å². The van der Waals surface area contributed by atoms with E-state index in [1.165, 1.54) is 16.8 Å². The molecule has 1 aliphatic carbocycles. The van der Waals surface area contributed by atoms with Crippen LogP contribution in [0.4, 0.5) is 5.69 Å².